The smallest absolute Gasteiger partial charge is 0.173 e. The van der Waals surface area contributed by atoms with E-state index in [4.69, 9.17) is 4.98 Å². The van der Waals surface area contributed by atoms with Gasteiger partial charge in [0.1, 0.15) is 0 Å². The van der Waals surface area contributed by atoms with Crippen molar-refractivity contribution in [3.8, 4) is 0 Å². The van der Waals surface area contributed by atoms with Gasteiger partial charge in [-0.1, -0.05) is 63.7 Å². The second-order valence-electron chi connectivity index (χ2n) is 7.41. The minimum absolute atomic E-state index is 0.688. The van der Waals surface area contributed by atoms with Crippen LogP contribution in [0.25, 0.3) is 11.0 Å². The summed E-state index contributed by atoms with van der Waals surface area (Å²) in [7, 11) is 0. The Balaban J connectivity index is 1.83. The highest BCUT2D eigenvalue weighted by Gasteiger charge is 2.13. The van der Waals surface area contributed by atoms with Crippen molar-refractivity contribution in [3.05, 3.63) is 54.1 Å². The van der Waals surface area contributed by atoms with E-state index in [0.29, 0.717) is 5.92 Å². The maximum Gasteiger partial charge on any atom is 0.173 e. The van der Waals surface area contributed by atoms with Gasteiger partial charge >= 0.3 is 0 Å². The molecule has 0 saturated carbocycles. The fraction of sp³-hybridized carbons (Fsp3) is 0.435. The van der Waals surface area contributed by atoms with Gasteiger partial charge in [0.2, 0.25) is 0 Å². The van der Waals surface area contributed by atoms with Gasteiger partial charge in [-0.05, 0) is 55.3 Å². The molecule has 0 atom stereocenters. The Morgan fingerprint density at radius 3 is 2.37 bits per heavy atom. The molecule has 0 saturated heterocycles. The van der Waals surface area contributed by atoms with Crippen LogP contribution >= 0.6 is 11.8 Å². The SMILES string of the molecule is CCN(CC)CCn1c(Sc2ccc(CC(C)C)cc2)nc2ccccc21. The topological polar surface area (TPSA) is 21.1 Å². The van der Waals surface area contributed by atoms with Crippen LogP contribution in [0.5, 0.6) is 0 Å². The van der Waals surface area contributed by atoms with Crippen molar-refractivity contribution in [2.45, 2.75) is 50.7 Å². The Morgan fingerprint density at radius 1 is 1.00 bits per heavy atom. The van der Waals surface area contributed by atoms with Crippen molar-refractivity contribution in [2.24, 2.45) is 5.92 Å². The molecule has 4 heteroatoms. The second-order valence-corrected chi connectivity index (χ2v) is 8.45. The highest BCUT2D eigenvalue weighted by atomic mass is 32.2. The van der Waals surface area contributed by atoms with Crippen LogP contribution in [0.2, 0.25) is 0 Å². The third-order valence-corrected chi connectivity index (χ3v) is 5.93. The van der Waals surface area contributed by atoms with Crippen LogP contribution in [0.3, 0.4) is 0 Å². The monoisotopic (exact) mass is 381 g/mol. The molecule has 0 N–H and O–H groups in total. The Hall–Kier alpha value is -1.78. The molecule has 0 aliphatic rings. The molecular formula is C23H31N3S. The van der Waals surface area contributed by atoms with Gasteiger partial charge in [-0.2, -0.15) is 0 Å². The number of para-hydroxylation sites is 2. The van der Waals surface area contributed by atoms with E-state index < -0.39 is 0 Å². The summed E-state index contributed by atoms with van der Waals surface area (Å²) in [4.78, 5) is 8.63. The predicted molar refractivity (Wildman–Crippen MR) is 117 cm³/mol. The third-order valence-electron chi connectivity index (χ3n) is 4.93. The lowest BCUT2D eigenvalue weighted by Crippen LogP contribution is -2.27. The van der Waals surface area contributed by atoms with E-state index in [1.807, 2.05) is 0 Å². The van der Waals surface area contributed by atoms with E-state index in [2.05, 4.69) is 85.7 Å². The number of hydrogen-bond acceptors (Lipinski definition) is 3. The number of likely N-dealkylation sites (N-methyl/N-ethyl adjacent to an activating group) is 1. The zero-order valence-corrected chi connectivity index (χ0v) is 17.8. The normalized spacial score (nSPS) is 11.8. The van der Waals surface area contributed by atoms with Crippen molar-refractivity contribution < 1.29 is 0 Å². The van der Waals surface area contributed by atoms with Crippen LogP contribution in [-0.2, 0) is 13.0 Å². The molecule has 3 rings (SSSR count). The van der Waals surface area contributed by atoms with Crippen LogP contribution in [0, 0.1) is 5.92 Å². The Kier molecular flexibility index (Phi) is 6.97. The Labute approximate surface area is 167 Å². The first kappa shape index (κ1) is 20.0. The van der Waals surface area contributed by atoms with Crippen LogP contribution in [0.15, 0.2) is 58.6 Å². The standard InChI is InChI=1S/C23H31N3S/c1-5-25(6-2)15-16-26-22-10-8-7-9-21(22)24-23(26)27-20-13-11-19(12-14-20)17-18(3)4/h7-14,18H,5-6,15-17H2,1-4H3. The zero-order chi connectivity index (χ0) is 19.2. The van der Waals surface area contributed by atoms with E-state index >= 15 is 0 Å². The minimum atomic E-state index is 0.688. The van der Waals surface area contributed by atoms with Crippen LogP contribution < -0.4 is 0 Å². The summed E-state index contributed by atoms with van der Waals surface area (Å²) in [6.07, 6.45) is 1.13. The molecule has 0 radical (unpaired) electrons. The second kappa shape index (κ2) is 9.43. The Morgan fingerprint density at radius 2 is 1.70 bits per heavy atom. The summed E-state index contributed by atoms with van der Waals surface area (Å²) in [5, 5.41) is 1.08. The fourth-order valence-electron chi connectivity index (χ4n) is 3.40. The summed E-state index contributed by atoms with van der Waals surface area (Å²) >= 11 is 1.77. The number of rotatable bonds is 9. The van der Waals surface area contributed by atoms with Gasteiger partial charge in [0.25, 0.3) is 0 Å². The molecule has 0 unspecified atom stereocenters. The number of hydrogen-bond donors (Lipinski definition) is 0. The first-order chi connectivity index (χ1) is 13.1. The number of nitrogens with zero attached hydrogens (tertiary/aromatic N) is 3. The molecule has 27 heavy (non-hydrogen) atoms. The molecule has 144 valence electrons. The maximum absolute atomic E-state index is 4.92. The third kappa shape index (κ3) is 5.14. The first-order valence-corrected chi connectivity index (χ1v) is 10.9. The molecule has 0 aliphatic carbocycles. The molecule has 0 fully saturated rings. The number of imidazole rings is 1. The lowest BCUT2D eigenvalue weighted by molar-refractivity contribution is 0.288. The van der Waals surface area contributed by atoms with E-state index in [0.717, 1.165) is 43.3 Å². The van der Waals surface area contributed by atoms with Gasteiger partial charge < -0.3 is 9.47 Å². The average molecular weight is 382 g/mol. The summed E-state index contributed by atoms with van der Waals surface area (Å²) in [5.41, 5.74) is 3.71. The summed E-state index contributed by atoms with van der Waals surface area (Å²) in [5.74, 6) is 0.688. The van der Waals surface area contributed by atoms with Gasteiger partial charge in [0, 0.05) is 18.0 Å². The van der Waals surface area contributed by atoms with Crippen LogP contribution in [0.1, 0.15) is 33.3 Å². The minimum Gasteiger partial charge on any atom is -0.317 e. The van der Waals surface area contributed by atoms with E-state index in [1.54, 1.807) is 11.8 Å². The molecule has 0 spiro atoms. The lowest BCUT2D eigenvalue weighted by Gasteiger charge is -2.19. The fourth-order valence-corrected chi connectivity index (χ4v) is 4.33. The molecule has 2 aromatic carbocycles. The molecule has 0 amide bonds. The maximum atomic E-state index is 4.92. The Bertz CT molecular complexity index is 848. The number of benzene rings is 2. The van der Waals surface area contributed by atoms with Gasteiger partial charge in [0.15, 0.2) is 5.16 Å². The molecular weight excluding hydrogens is 350 g/mol. The van der Waals surface area contributed by atoms with Gasteiger partial charge in [-0.25, -0.2) is 4.98 Å². The van der Waals surface area contributed by atoms with E-state index in [9.17, 15) is 0 Å². The molecule has 1 heterocycles. The molecule has 3 nitrogen and oxygen atoms in total. The van der Waals surface area contributed by atoms with Crippen molar-refractivity contribution >= 4 is 22.8 Å². The van der Waals surface area contributed by atoms with Crippen molar-refractivity contribution in [2.75, 3.05) is 19.6 Å². The first-order valence-electron chi connectivity index (χ1n) is 10.0. The van der Waals surface area contributed by atoms with Gasteiger partial charge in [-0.15, -0.1) is 0 Å². The molecule has 3 aromatic rings. The van der Waals surface area contributed by atoms with Crippen LogP contribution in [-0.4, -0.2) is 34.1 Å². The quantitative estimate of drug-likeness (QED) is 0.472. The highest BCUT2D eigenvalue weighted by molar-refractivity contribution is 7.99. The number of aromatic nitrogens is 2. The predicted octanol–water partition coefficient (Wildman–Crippen LogP) is 5.73. The molecule has 1 aromatic heterocycles. The molecule has 0 bridgehead atoms. The average Bonchev–Trinajstić information content (AvgIpc) is 3.01. The number of fused-ring (bicyclic) bond motifs is 1. The van der Waals surface area contributed by atoms with E-state index in [1.165, 1.54) is 16.0 Å². The van der Waals surface area contributed by atoms with Gasteiger partial charge in [-0.3, -0.25) is 0 Å². The van der Waals surface area contributed by atoms with Crippen molar-refractivity contribution in [3.63, 3.8) is 0 Å². The highest BCUT2D eigenvalue weighted by Crippen LogP contribution is 2.30. The summed E-state index contributed by atoms with van der Waals surface area (Å²) in [6.45, 7) is 13.2. The van der Waals surface area contributed by atoms with Gasteiger partial charge in [0.05, 0.1) is 11.0 Å². The van der Waals surface area contributed by atoms with Crippen molar-refractivity contribution in [1.82, 2.24) is 14.5 Å². The molecule has 0 aliphatic heterocycles. The zero-order valence-electron chi connectivity index (χ0n) is 17.0. The summed E-state index contributed by atoms with van der Waals surface area (Å²) in [6, 6.07) is 17.4. The van der Waals surface area contributed by atoms with Crippen LogP contribution in [0.4, 0.5) is 0 Å². The summed E-state index contributed by atoms with van der Waals surface area (Å²) < 4.78 is 2.38. The lowest BCUT2D eigenvalue weighted by atomic mass is 10.0. The van der Waals surface area contributed by atoms with E-state index in [-0.39, 0.29) is 0 Å². The van der Waals surface area contributed by atoms with Crippen molar-refractivity contribution in [1.29, 1.82) is 0 Å². The largest absolute Gasteiger partial charge is 0.317 e.